The first-order valence-corrected chi connectivity index (χ1v) is 9.27. The van der Waals surface area contributed by atoms with Crippen LogP contribution in [0.25, 0.3) is 0 Å². The number of carbonyl (C=O) groups is 1. The van der Waals surface area contributed by atoms with Crippen molar-refractivity contribution in [2.45, 2.75) is 37.7 Å². The van der Waals surface area contributed by atoms with E-state index >= 15 is 0 Å². The van der Waals surface area contributed by atoms with E-state index in [4.69, 9.17) is 9.47 Å². The second kappa shape index (κ2) is 6.63. The lowest BCUT2D eigenvalue weighted by Crippen LogP contribution is -2.40. The lowest BCUT2D eigenvalue weighted by molar-refractivity contribution is -0.125. The molecule has 2 aliphatic rings. The molecule has 0 aliphatic heterocycles. The van der Waals surface area contributed by atoms with Gasteiger partial charge in [-0.05, 0) is 37.8 Å². The number of halogens is 1. The highest BCUT2D eigenvalue weighted by molar-refractivity contribution is 7.13. The van der Waals surface area contributed by atoms with Gasteiger partial charge in [0.1, 0.15) is 11.9 Å². The van der Waals surface area contributed by atoms with Crippen molar-refractivity contribution in [3.63, 3.8) is 0 Å². The van der Waals surface area contributed by atoms with Crippen LogP contribution in [0.1, 0.15) is 37.3 Å². The first-order chi connectivity index (χ1) is 12.1. The first-order valence-electron chi connectivity index (χ1n) is 8.39. The van der Waals surface area contributed by atoms with E-state index in [1.54, 1.807) is 0 Å². The molecule has 2 aromatic rings. The Morgan fingerprint density at radius 3 is 2.84 bits per heavy atom. The highest BCUT2D eigenvalue weighted by Crippen LogP contribution is 2.41. The molecule has 4 rings (SSSR count). The van der Waals surface area contributed by atoms with Crippen LogP contribution in [-0.2, 0) is 4.79 Å². The van der Waals surface area contributed by atoms with Gasteiger partial charge in [0.2, 0.25) is 5.91 Å². The van der Waals surface area contributed by atoms with E-state index in [0.29, 0.717) is 35.4 Å². The smallest absolute Gasteiger partial charge is 0.229 e. The molecule has 0 saturated heterocycles. The molecule has 1 amide bonds. The standard InChI is InChI=1S/C18H19FN2O3S/c1-23-15-5-4-12(19)8-16(15)24-13-6-11(7-13)17(22)21-18-20-14(9-25-18)10-2-3-10/h4-5,8-11,13H,2-3,6-7H2,1H3,(H,20,21,22)/t11-,13-. The third-order valence-electron chi connectivity index (χ3n) is 4.63. The average Bonchev–Trinajstić information content (AvgIpc) is 3.30. The van der Waals surface area contributed by atoms with Crippen LogP contribution in [0.2, 0.25) is 0 Å². The van der Waals surface area contributed by atoms with Crippen LogP contribution in [0, 0.1) is 11.7 Å². The number of carbonyl (C=O) groups excluding carboxylic acids is 1. The Morgan fingerprint density at radius 2 is 2.12 bits per heavy atom. The predicted molar refractivity (Wildman–Crippen MR) is 92.8 cm³/mol. The number of ether oxygens (including phenoxy) is 2. The first kappa shape index (κ1) is 16.3. The van der Waals surface area contributed by atoms with Crippen molar-refractivity contribution < 1.29 is 18.7 Å². The summed E-state index contributed by atoms with van der Waals surface area (Å²) in [5, 5.41) is 5.58. The lowest BCUT2D eigenvalue weighted by Gasteiger charge is -2.34. The van der Waals surface area contributed by atoms with Gasteiger partial charge >= 0.3 is 0 Å². The molecule has 0 atom stereocenters. The number of thiazole rings is 1. The number of benzene rings is 1. The molecule has 1 N–H and O–H groups in total. The van der Waals surface area contributed by atoms with E-state index < -0.39 is 0 Å². The van der Waals surface area contributed by atoms with Gasteiger partial charge in [-0.15, -0.1) is 11.3 Å². The Morgan fingerprint density at radius 1 is 1.32 bits per heavy atom. The maximum atomic E-state index is 13.4. The summed E-state index contributed by atoms with van der Waals surface area (Å²) in [5.41, 5.74) is 1.09. The maximum Gasteiger partial charge on any atom is 0.229 e. The summed E-state index contributed by atoms with van der Waals surface area (Å²) in [6.07, 6.45) is 3.49. The molecule has 1 aromatic carbocycles. The Hall–Kier alpha value is -2.15. The van der Waals surface area contributed by atoms with E-state index in [2.05, 4.69) is 10.3 Å². The summed E-state index contributed by atoms with van der Waals surface area (Å²) >= 11 is 1.48. The summed E-state index contributed by atoms with van der Waals surface area (Å²) in [4.78, 5) is 16.7. The Labute approximate surface area is 149 Å². The topological polar surface area (TPSA) is 60.5 Å². The zero-order chi connectivity index (χ0) is 17.4. The lowest BCUT2D eigenvalue weighted by atomic mass is 9.81. The van der Waals surface area contributed by atoms with Crippen LogP contribution in [0.4, 0.5) is 9.52 Å². The van der Waals surface area contributed by atoms with E-state index in [9.17, 15) is 9.18 Å². The predicted octanol–water partition coefficient (Wildman–Crippen LogP) is 3.96. The summed E-state index contributed by atoms with van der Waals surface area (Å²) in [7, 11) is 1.51. The van der Waals surface area contributed by atoms with Crippen molar-refractivity contribution in [3.05, 3.63) is 35.1 Å². The molecule has 0 unspecified atom stereocenters. The molecule has 5 nitrogen and oxygen atoms in total. The molecule has 2 fully saturated rings. The van der Waals surface area contributed by atoms with Crippen LogP contribution in [0.3, 0.4) is 0 Å². The number of methoxy groups -OCH3 is 1. The Kier molecular flexibility index (Phi) is 4.33. The third-order valence-corrected chi connectivity index (χ3v) is 5.41. The van der Waals surface area contributed by atoms with Crippen molar-refractivity contribution in [2.24, 2.45) is 5.92 Å². The van der Waals surface area contributed by atoms with Gasteiger partial charge in [-0.25, -0.2) is 9.37 Å². The number of nitrogens with zero attached hydrogens (tertiary/aromatic N) is 1. The minimum Gasteiger partial charge on any atom is -0.493 e. The monoisotopic (exact) mass is 362 g/mol. The quantitative estimate of drug-likeness (QED) is 0.845. The summed E-state index contributed by atoms with van der Waals surface area (Å²) in [6.45, 7) is 0. The minimum absolute atomic E-state index is 0.0252. The van der Waals surface area contributed by atoms with Gasteiger partial charge in [0, 0.05) is 23.3 Å². The number of amides is 1. The van der Waals surface area contributed by atoms with E-state index in [0.717, 1.165) is 5.69 Å². The fraction of sp³-hybridized carbons (Fsp3) is 0.444. The van der Waals surface area contributed by atoms with Crippen LogP contribution in [0.5, 0.6) is 11.5 Å². The summed E-state index contributed by atoms with van der Waals surface area (Å²) < 4.78 is 24.3. The number of rotatable bonds is 6. The molecule has 132 valence electrons. The molecule has 1 heterocycles. The molecule has 2 saturated carbocycles. The number of aromatic nitrogens is 1. The Bertz CT molecular complexity index is 784. The van der Waals surface area contributed by atoms with Crippen molar-refractivity contribution in [1.29, 1.82) is 0 Å². The van der Waals surface area contributed by atoms with Gasteiger partial charge in [0.25, 0.3) is 0 Å². The highest BCUT2D eigenvalue weighted by atomic mass is 32.1. The molecule has 1 aromatic heterocycles. The van der Waals surface area contributed by atoms with Crippen LogP contribution in [0.15, 0.2) is 23.6 Å². The molecular weight excluding hydrogens is 343 g/mol. The molecule has 25 heavy (non-hydrogen) atoms. The molecule has 0 radical (unpaired) electrons. The van der Waals surface area contributed by atoms with Crippen LogP contribution >= 0.6 is 11.3 Å². The van der Waals surface area contributed by atoms with Crippen LogP contribution in [-0.4, -0.2) is 24.1 Å². The zero-order valence-corrected chi connectivity index (χ0v) is 14.6. The fourth-order valence-electron chi connectivity index (χ4n) is 2.92. The van der Waals surface area contributed by atoms with E-state index in [1.807, 2.05) is 5.38 Å². The molecule has 0 bridgehead atoms. The number of hydrogen-bond acceptors (Lipinski definition) is 5. The van der Waals surface area contributed by atoms with Crippen molar-refractivity contribution in [1.82, 2.24) is 4.98 Å². The van der Waals surface area contributed by atoms with E-state index in [-0.39, 0.29) is 23.7 Å². The average molecular weight is 362 g/mol. The van der Waals surface area contributed by atoms with E-state index in [1.165, 1.54) is 49.5 Å². The molecule has 2 aliphatic carbocycles. The van der Waals surface area contributed by atoms with Gasteiger partial charge in [0.15, 0.2) is 16.6 Å². The fourth-order valence-corrected chi connectivity index (χ4v) is 3.71. The van der Waals surface area contributed by atoms with Gasteiger partial charge < -0.3 is 14.8 Å². The zero-order valence-electron chi connectivity index (χ0n) is 13.8. The number of nitrogens with one attached hydrogen (secondary N) is 1. The number of anilines is 1. The number of hydrogen-bond donors (Lipinski definition) is 1. The highest BCUT2D eigenvalue weighted by Gasteiger charge is 2.37. The van der Waals surface area contributed by atoms with Gasteiger partial charge in [-0.1, -0.05) is 0 Å². The van der Waals surface area contributed by atoms with Crippen molar-refractivity contribution in [3.8, 4) is 11.5 Å². The molecule has 0 spiro atoms. The van der Waals surface area contributed by atoms with Crippen LogP contribution < -0.4 is 14.8 Å². The minimum atomic E-state index is -0.375. The SMILES string of the molecule is COc1ccc(F)cc1O[C@H]1C[C@H](C(=O)Nc2nc(C3CC3)cs2)C1. The molecular formula is C18H19FN2O3S. The maximum absolute atomic E-state index is 13.4. The third kappa shape index (κ3) is 3.61. The van der Waals surface area contributed by atoms with Crippen molar-refractivity contribution in [2.75, 3.05) is 12.4 Å². The van der Waals surface area contributed by atoms with Crippen molar-refractivity contribution >= 4 is 22.4 Å². The summed E-state index contributed by atoms with van der Waals surface area (Å²) in [5.74, 6) is 0.954. The summed E-state index contributed by atoms with van der Waals surface area (Å²) in [6, 6.07) is 4.17. The van der Waals surface area contributed by atoms with Gasteiger partial charge in [0.05, 0.1) is 12.8 Å². The normalized spacial score (nSPS) is 22.2. The Balaban J connectivity index is 1.29. The largest absolute Gasteiger partial charge is 0.493 e. The van der Waals surface area contributed by atoms with Gasteiger partial charge in [-0.2, -0.15) is 0 Å². The second-order valence-electron chi connectivity index (χ2n) is 6.54. The van der Waals surface area contributed by atoms with Gasteiger partial charge in [-0.3, -0.25) is 4.79 Å². The molecule has 7 heteroatoms. The second-order valence-corrected chi connectivity index (χ2v) is 7.40.